The zero-order valence-corrected chi connectivity index (χ0v) is 27.8. The third-order valence-corrected chi connectivity index (χ3v) is 8.19. The van der Waals surface area contributed by atoms with Crippen LogP contribution in [-0.2, 0) is 23.9 Å². The molecule has 260 valence electrons. The van der Waals surface area contributed by atoms with Crippen molar-refractivity contribution in [3.05, 3.63) is 35.5 Å². The van der Waals surface area contributed by atoms with Gasteiger partial charge in [-0.15, -0.1) is 0 Å². The van der Waals surface area contributed by atoms with E-state index in [-0.39, 0.29) is 81.5 Å². The second kappa shape index (κ2) is 16.2. The molecule has 2 aliphatic heterocycles. The summed E-state index contributed by atoms with van der Waals surface area (Å²) in [7, 11) is 0. The van der Waals surface area contributed by atoms with Crippen molar-refractivity contribution in [3.8, 4) is 5.75 Å². The molecule has 1 aromatic carbocycles. The summed E-state index contributed by atoms with van der Waals surface area (Å²) in [5.74, 6) is -2.71. The van der Waals surface area contributed by atoms with Crippen LogP contribution >= 0.6 is 0 Å². The molecule has 3 heterocycles. The number of ether oxygens (including phenoxy) is 2. The molecular formula is C33H44N6O9. The first kappa shape index (κ1) is 35.9. The van der Waals surface area contributed by atoms with Crippen LogP contribution in [0.25, 0.3) is 10.9 Å². The number of carbonyl (C=O) groups excluding carboxylic acids is 5. The van der Waals surface area contributed by atoms with E-state index in [0.717, 1.165) is 5.56 Å². The number of hydrogen-bond donors (Lipinski definition) is 3. The molecule has 4 rings (SSSR count). The van der Waals surface area contributed by atoms with Gasteiger partial charge in [-0.2, -0.15) is 0 Å². The number of benzene rings is 1. The smallest absolute Gasteiger partial charge is 0.409 e. The van der Waals surface area contributed by atoms with Crippen LogP contribution in [0.1, 0.15) is 62.5 Å². The fourth-order valence-corrected chi connectivity index (χ4v) is 5.79. The first-order valence-corrected chi connectivity index (χ1v) is 16.2. The molecule has 2 fully saturated rings. The Balaban J connectivity index is 1.51. The number of aryl methyl sites for hydroxylation is 1. The van der Waals surface area contributed by atoms with Crippen molar-refractivity contribution in [2.45, 2.75) is 71.5 Å². The summed E-state index contributed by atoms with van der Waals surface area (Å²) in [5.41, 5.74) is 1.19. The molecule has 0 spiro atoms. The molecular weight excluding hydrogens is 624 g/mol. The highest BCUT2D eigenvalue weighted by molar-refractivity contribution is 5.99. The number of piperazine rings is 1. The molecule has 5 amide bonds. The van der Waals surface area contributed by atoms with Crippen molar-refractivity contribution in [1.82, 2.24) is 30.3 Å². The van der Waals surface area contributed by atoms with Crippen LogP contribution < -0.4 is 15.4 Å². The van der Waals surface area contributed by atoms with Crippen molar-refractivity contribution in [2.75, 3.05) is 45.9 Å². The Morgan fingerprint density at radius 1 is 1.00 bits per heavy atom. The Kier molecular flexibility index (Phi) is 12.1. The number of nitrogens with one attached hydrogen (secondary N) is 2. The van der Waals surface area contributed by atoms with Gasteiger partial charge in [0, 0.05) is 56.6 Å². The number of fused-ring (bicyclic) bond motifs is 1. The summed E-state index contributed by atoms with van der Waals surface area (Å²) in [6.45, 7) is 8.37. The van der Waals surface area contributed by atoms with Gasteiger partial charge in [-0.1, -0.05) is 6.07 Å². The van der Waals surface area contributed by atoms with Crippen molar-refractivity contribution in [3.63, 3.8) is 0 Å². The largest absolute Gasteiger partial charge is 0.483 e. The van der Waals surface area contributed by atoms with Gasteiger partial charge in [-0.3, -0.25) is 24.0 Å². The highest BCUT2D eigenvalue weighted by Crippen LogP contribution is 2.27. The van der Waals surface area contributed by atoms with Gasteiger partial charge in [-0.05, 0) is 64.7 Å². The van der Waals surface area contributed by atoms with Gasteiger partial charge in [0.15, 0.2) is 6.61 Å². The SMILES string of the molecule is CCOC(=O)N1CCN(C(=O)[C@H](CCC(=O)O)NC(=O)c2cc(OCC(=O)N3CCC[C@H]3C(=O)NC(C)C)c3ccc(C)cc3n2)CC1. The molecule has 2 atom stereocenters. The number of likely N-dealkylation sites (tertiary alicyclic amines) is 1. The van der Waals surface area contributed by atoms with Crippen molar-refractivity contribution < 1.29 is 43.3 Å². The number of pyridine rings is 1. The Labute approximate surface area is 278 Å². The minimum absolute atomic E-state index is 0.0666. The summed E-state index contributed by atoms with van der Waals surface area (Å²) in [5, 5.41) is 15.4. The first-order valence-electron chi connectivity index (χ1n) is 16.2. The first-order chi connectivity index (χ1) is 22.9. The second-order valence-electron chi connectivity index (χ2n) is 12.2. The number of amides is 5. The summed E-state index contributed by atoms with van der Waals surface area (Å²) in [6, 6.07) is 4.91. The molecule has 0 unspecified atom stereocenters. The maximum absolute atomic E-state index is 13.6. The van der Waals surface area contributed by atoms with Gasteiger partial charge in [0.1, 0.15) is 23.5 Å². The van der Waals surface area contributed by atoms with Crippen LogP contribution in [0.15, 0.2) is 24.3 Å². The van der Waals surface area contributed by atoms with Crippen LogP contribution in [0.3, 0.4) is 0 Å². The van der Waals surface area contributed by atoms with Gasteiger partial charge in [0.25, 0.3) is 11.8 Å². The van der Waals surface area contributed by atoms with Crippen molar-refractivity contribution in [2.24, 2.45) is 0 Å². The standard InChI is InChI=1S/C33H44N6O9/c1-5-47-33(46)38-15-13-37(14-16-38)32(45)23(10-11-29(41)42)36-30(43)25-18-27(22-9-8-21(4)17-24(22)35-25)48-19-28(40)39-12-6-7-26(39)31(44)34-20(2)3/h8-9,17-18,20,23,26H,5-7,10-16,19H2,1-4H3,(H,34,44)(H,36,43)(H,41,42)/t23-,26-/m0/s1. The van der Waals surface area contributed by atoms with Gasteiger partial charge >= 0.3 is 12.1 Å². The number of nitrogens with zero attached hydrogens (tertiary/aromatic N) is 4. The Morgan fingerprint density at radius 2 is 1.71 bits per heavy atom. The van der Waals surface area contributed by atoms with Crippen LogP contribution in [0.4, 0.5) is 4.79 Å². The van der Waals surface area contributed by atoms with Crippen LogP contribution in [-0.4, -0.2) is 125 Å². The van der Waals surface area contributed by atoms with Gasteiger partial charge in [0.2, 0.25) is 11.8 Å². The molecule has 2 aromatic rings. The van der Waals surface area contributed by atoms with Crippen LogP contribution in [0, 0.1) is 6.92 Å². The fraction of sp³-hybridized carbons (Fsp3) is 0.545. The monoisotopic (exact) mass is 668 g/mol. The molecule has 3 N–H and O–H groups in total. The Hall–Kier alpha value is -4.95. The lowest BCUT2D eigenvalue weighted by Crippen LogP contribution is -2.56. The molecule has 0 bridgehead atoms. The number of carbonyl (C=O) groups is 6. The minimum atomic E-state index is -1.17. The number of aliphatic carboxylic acids is 1. The lowest BCUT2D eigenvalue weighted by atomic mass is 10.1. The molecule has 48 heavy (non-hydrogen) atoms. The third-order valence-electron chi connectivity index (χ3n) is 8.19. The van der Waals surface area contributed by atoms with E-state index in [0.29, 0.717) is 30.3 Å². The van der Waals surface area contributed by atoms with Crippen molar-refractivity contribution >= 4 is 46.6 Å². The third kappa shape index (κ3) is 9.10. The van der Waals surface area contributed by atoms with E-state index in [9.17, 15) is 33.9 Å². The average molecular weight is 669 g/mol. The van der Waals surface area contributed by atoms with E-state index in [4.69, 9.17) is 9.47 Å². The molecule has 2 saturated heterocycles. The van der Waals surface area contributed by atoms with Gasteiger partial charge < -0.3 is 39.9 Å². The maximum Gasteiger partial charge on any atom is 0.409 e. The summed E-state index contributed by atoms with van der Waals surface area (Å²) >= 11 is 0. The maximum atomic E-state index is 13.6. The van der Waals surface area contributed by atoms with E-state index in [1.807, 2.05) is 26.8 Å². The number of rotatable bonds is 12. The number of hydrogen-bond acceptors (Lipinski definition) is 9. The quantitative estimate of drug-likeness (QED) is 0.300. The minimum Gasteiger partial charge on any atom is -0.483 e. The number of carboxylic acids is 1. The normalized spacial score (nSPS) is 16.9. The summed E-state index contributed by atoms with van der Waals surface area (Å²) < 4.78 is 11.0. The zero-order chi connectivity index (χ0) is 35.0. The van der Waals surface area contributed by atoms with Gasteiger partial charge in [0.05, 0.1) is 12.1 Å². The topological polar surface area (TPSA) is 188 Å². The predicted molar refractivity (Wildman–Crippen MR) is 173 cm³/mol. The summed E-state index contributed by atoms with van der Waals surface area (Å²) in [4.78, 5) is 85.5. The van der Waals surface area contributed by atoms with Crippen molar-refractivity contribution in [1.29, 1.82) is 0 Å². The summed E-state index contributed by atoms with van der Waals surface area (Å²) in [6.07, 6.45) is 0.229. The van der Waals surface area contributed by atoms with E-state index in [1.54, 1.807) is 19.1 Å². The van der Waals surface area contributed by atoms with Gasteiger partial charge in [-0.25, -0.2) is 9.78 Å². The molecule has 0 aliphatic carbocycles. The second-order valence-corrected chi connectivity index (χ2v) is 12.2. The highest BCUT2D eigenvalue weighted by Gasteiger charge is 2.35. The lowest BCUT2D eigenvalue weighted by Gasteiger charge is -2.35. The molecule has 2 aliphatic rings. The van der Waals surface area contributed by atoms with Crippen LogP contribution in [0.5, 0.6) is 5.75 Å². The van der Waals surface area contributed by atoms with Crippen LogP contribution in [0.2, 0.25) is 0 Å². The van der Waals surface area contributed by atoms with E-state index in [2.05, 4.69) is 15.6 Å². The molecule has 1 aromatic heterocycles. The Bertz CT molecular complexity index is 1540. The fourth-order valence-electron chi connectivity index (χ4n) is 5.79. The predicted octanol–water partition coefficient (Wildman–Crippen LogP) is 1.70. The van der Waals surface area contributed by atoms with E-state index >= 15 is 0 Å². The molecule has 0 radical (unpaired) electrons. The number of aromatic nitrogens is 1. The molecule has 0 saturated carbocycles. The average Bonchev–Trinajstić information content (AvgIpc) is 3.55. The highest BCUT2D eigenvalue weighted by atomic mass is 16.6. The van der Waals surface area contributed by atoms with E-state index in [1.165, 1.54) is 20.8 Å². The Morgan fingerprint density at radius 3 is 2.38 bits per heavy atom. The zero-order valence-electron chi connectivity index (χ0n) is 27.8. The number of carboxylic acid groups (broad SMARTS) is 1. The molecule has 15 nitrogen and oxygen atoms in total. The lowest BCUT2D eigenvalue weighted by molar-refractivity contribution is -0.140. The molecule has 15 heteroatoms. The van der Waals surface area contributed by atoms with E-state index < -0.39 is 36.0 Å².